The lowest BCUT2D eigenvalue weighted by Crippen LogP contribution is -2.58. The standard InChI is InChI=1S/C18H26N4O3/c1-11-9-12(2)20-17(24)16(11)18(25)21-7-5-14-13(10-21)3-4-15(23)22(14)8-6-19/h9,13-14H,3-8,10,19H2,1-2H3,(H,20,24). The number of aryl methyl sites for hydroxylation is 2. The first kappa shape index (κ1) is 17.7. The van der Waals surface area contributed by atoms with Gasteiger partial charge in [-0.05, 0) is 44.2 Å². The van der Waals surface area contributed by atoms with Gasteiger partial charge in [0.05, 0.1) is 0 Å². The fourth-order valence-electron chi connectivity index (χ4n) is 4.24. The van der Waals surface area contributed by atoms with Crippen molar-refractivity contribution < 1.29 is 9.59 Å². The van der Waals surface area contributed by atoms with Gasteiger partial charge in [-0.3, -0.25) is 14.4 Å². The van der Waals surface area contributed by atoms with Crippen molar-refractivity contribution in [3.63, 3.8) is 0 Å². The molecule has 2 unspecified atom stereocenters. The van der Waals surface area contributed by atoms with Crippen molar-refractivity contribution in [2.24, 2.45) is 11.7 Å². The third-order valence-electron chi connectivity index (χ3n) is 5.38. The van der Waals surface area contributed by atoms with Crippen molar-refractivity contribution in [2.75, 3.05) is 26.2 Å². The number of carbonyl (C=O) groups is 2. The van der Waals surface area contributed by atoms with E-state index in [0.717, 1.165) is 18.5 Å². The maximum Gasteiger partial charge on any atom is 0.261 e. The van der Waals surface area contributed by atoms with E-state index in [-0.39, 0.29) is 34.9 Å². The molecule has 25 heavy (non-hydrogen) atoms. The molecule has 0 bridgehead atoms. The van der Waals surface area contributed by atoms with Gasteiger partial charge in [0.15, 0.2) is 0 Å². The molecule has 0 saturated carbocycles. The van der Waals surface area contributed by atoms with E-state index in [9.17, 15) is 14.4 Å². The van der Waals surface area contributed by atoms with E-state index in [1.165, 1.54) is 0 Å². The molecule has 0 spiro atoms. The van der Waals surface area contributed by atoms with Crippen LogP contribution in [0.5, 0.6) is 0 Å². The Balaban J connectivity index is 1.78. The smallest absolute Gasteiger partial charge is 0.261 e. The number of nitrogens with two attached hydrogens (primary N) is 1. The van der Waals surface area contributed by atoms with E-state index >= 15 is 0 Å². The van der Waals surface area contributed by atoms with Crippen LogP contribution in [-0.2, 0) is 4.79 Å². The van der Waals surface area contributed by atoms with Crippen LogP contribution in [-0.4, -0.2) is 58.8 Å². The largest absolute Gasteiger partial charge is 0.338 e. The molecule has 2 atom stereocenters. The number of fused-ring (bicyclic) bond motifs is 1. The Hall–Kier alpha value is -2.15. The Morgan fingerprint density at radius 2 is 2.08 bits per heavy atom. The molecule has 0 aliphatic carbocycles. The maximum absolute atomic E-state index is 12.9. The number of H-pyrrole nitrogens is 1. The Labute approximate surface area is 147 Å². The van der Waals surface area contributed by atoms with Crippen LogP contribution in [0.1, 0.15) is 40.9 Å². The first-order valence-electron chi connectivity index (χ1n) is 8.91. The normalized spacial score (nSPS) is 23.6. The van der Waals surface area contributed by atoms with E-state index in [2.05, 4.69) is 4.98 Å². The van der Waals surface area contributed by atoms with Gasteiger partial charge in [-0.25, -0.2) is 0 Å². The van der Waals surface area contributed by atoms with E-state index in [4.69, 9.17) is 5.73 Å². The molecule has 3 heterocycles. The molecule has 3 rings (SSSR count). The summed E-state index contributed by atoms with van der Waals surface area (Å²) in [4.78, 5) is 43.7. The van der Waals surface area contributed by atoms with Gasteiger partial charge in [0.1, 0.15) is 5.56 Å². The summed E-state index contributed by atoms with van der Waals surface area (Å²) in [5.74, 6) is 0.212. The van der Waals surface area contributed by atoms with Gasteiger partial charge in [-0.15, -0.1) is 0 Å². The average Bonchev–Trinajstić information content (AvgIpc) is 2.56. The fourth-order valence-corrected chi connectivity index (χ4v) is 4.24. The van der Waals surface area contributed by atoms with Crippen LogP contribution in [0.3, 0.4) is 0 Å². The van der Waals surface area contributed by atoms with Gasteiger partial charge in [0.2, 0.25) is 5.91 Å². The van der Waals surface area contributed by atoms with Crippen LogP contribution < -0.4 is 11.3 Å². The van der Waals surface area contributed by atoms with Crippen LogP contribution in [0, 0.1) is 19.8 Å². The Morgan fingerprint density at radius 3 is 2.76 bits per heavy atom. The van der Waals surface area contributed by atoms with Crippen LogP contribution in [0.2, 0.25) is 0 Å². The van der Waals surface area contributed by atoms with E-state index < -0.39 is 0 Å². The fraction of sp³-hybridized carbons (Fsp3) is 0.611. The Bertz CT molecular complexity index is 742. The summed E-state index contributed by atoms with van der Waals surface area (Å²) in [5, 5.41) is 0. The topological polar surface area (TPSA) is 99.5 Å². The molecule has 1 aromatic rings. The zero-order valence-corrected chi connectivity index (χ0v) is 14.9. The van der Waals surface area contributed by atoms with Gasteiger partial charge < -0.3 is 20.5 Å². The molecule has 1 aromatic heterocycles. The summed E-state index contributed by atoms with van der Waals surface area (Å²) in [7, 11) is 0. The number of likely N-dealkylation sites (tertiary alicyclic amines) is 2. The molecule has 2 amide bonds. The molecule has 2 aliphatic rings. The first-order chi connectivity index (χ1) is 11.9. The Morgan fingerprint density at radius 1 is 1.32 bits per heavy atom. The van der Waals surface area contributed by atoms with Crippen LogP contribution in [0.4, 0.5) is 0 Å². The predicted molar refractivity (Wildman–Crippen MR) is 94.3 cm³/mol. The lowest BCUT2D eigenvalue weighted by molar-refractivity contribution is -0.140. The van der Waals surface area contributed by atoms with Crippen LogP contribution >= 0.6 is 0 Å². The minimum absolute atomic E-state index is 0.159. The average molecular weight is 346 g/mol. The zero-order chi connectivity index (χ0) is 18.1. The number of nitrogens with one attached hydrogen (secondary N) is 1. The van der Waals surface area contributed by atoms with Crippen LogP contribution in [0.25, 0.3) is 0 Å². The summed E-state index contributed by atoms with van der Waals surface area (Å²) in [6.45, 7) is 5.77. The highest BCUT2D eigenvalue weighted by Crippen LogP contribution is 2.31. The molecule has 7 nitrogen and oxygen atoms in total. The van der Waals surface area contributed by atoms with Gasteiger partial charge >= 0.3 is 0 Å². The summed E-state index contributed by atoms with van der Waals surface area (Å²) < 4.78 is 0. The monoisotopic (exact) mass is 346 g/mol. The molecule has 0 radical (unpaired) electrons. The number of rotatable bonds is 3. The van der Waals surface area contributed by atoms with E-state index in [1.807, 2.05) is 11.0 Å². The number of aromatic nitrogens is 1. The molecule has 136 valence electrons. The second-order valence-corrected chi connectivity index (χ2v) is 7.12. The molecule has 0 aromatic carbocycles. The predicted octanol–water partition coefficient (Wildman–Crippen LogP) is 0.404. The molecule has 2 aliphatic heterocycles. The number of hydrogen-bond acceptors (Lipinski definition) is 4. The van der Waals surface area contributed by atoms with Crippen molar-refractivity contribution in [1.82, 2.24) is 14.8 Å². The quantitative estimate of drug-likeness (QED) is 0.828. The second-order valence-electron chi connectivity index (χ2n) is 7.12. The number of amides is 2. The minimum Gasteiger partial charge on any atom is -0.338 e. The lowest BCUT2D eigenvalue weighted by atomic mass is 9.83. The highest BCUT2D eigenvalue weighted by atomic mass is 16.2. The number of aromatic amines is 1. The lowest BCUT2D eigenvalue weighted by Gasteiger charge is -2.47. The minimum atomic E-state index is -0.326. The molecular formula is C18H26N4O3. The SMILES string of the molecule is Cc1cc(C)c(C(=O)N2CCC3C(CCC(=O)N3CCN)C2)c(=O)[nH]1. The number of nitrogens with zero attached hydrogens (tertiary/aromatic N) is 2. The van der Waals surface area contributed by atoms with Crippen molar-refractivity contribution in [3.05, 3.63) is 33.2 Å². The van der Waals surface area contributed by atoms with Gasteiger partial charge in [-0.2, -0.15) is 0 Å². The molecule has 2 saturated heterocycles. The van der Waals surface area contributed by atoms with Crippen molar-refractivity contribution in [2.45, 2.75) is 39.2 Å². The van der Waals surface area contributed by atoms with Gasteiger partial charge in [0.25, 0.3) is 11.5 Å². The summed E-state index contributed by atoms with van der Waals surface area (Å²) in [6, 6.07) is 1.98. The number of pyridine rings is 1. The number of hydrogen-bond donors (Lipinski definition) is 2. The van der Waals surface area contributed by atoms with Crippen molar-refractivity contribution in [1.29, 1.82) is 0 Å². The first-order valence-corrected chi connectivity index (χ1v) is 8.91. The third kappa shape index (κ3) is 3.33. The highest BCUT2D eigenvalue weighted by Gasteiger charge is 2.40. The molecule has 3 N–H and O–H groups in total. The van der Waals surface area contributed by atoms with Crippen molar-refractivity contribution >= 4 is 11.8 Å². The number of piperidine rings is 2. The summed E-state index contributed by atoms with van der Waals surface area (Å²) in [5.41, 5.74) is 7.01. The summed E-state index contributed by atoms with van der Waals surface area (Å²) >= 11 is 0. The van der Waals surface area contributed by atoms with Crippen LogP contribution in [0.15, 0.2) is 10.9 Å². The highest BCUT2D eigenvalue weighted by molar-refractivity contribution is 5.95. The number of carbonyl (C=O) groups excluding carboxylic acids is 2. The molecular weight excluding hydrogens is 320 g/mol. The summed E-state index contributed by atoms with van der Waals surface area (Å²) in [6.07, 6.45) is 2.04. The van der Waals surface area contributed by atoms with E-state index in [1.54, 1.807) is 18.7 Å². The Kier molecular flexibility index (Phi) is 4.94. The van der Waals surface area contributed by atoms with E-state index in [0.29, 0.717) is 38.2 Å². The van der Waals surface area contributed by atoms with Crippen molar-refractivity contribution in [3.8, 4) is 0 Å². The van der Waals surface area contributed by atoms with Gasteiger partial charge in [-0.1, -0.05) is 0 Å². The maximum atomic E-state index is 12.9. The van der Waals surface area contributed by atoms with Gasteiger partial charge in [0, 0.05) is 44.3 Å². The molecule has 7 heteroatoms. The third-order valence-corrected chi connectivity index (χ3v) is 5.38. The molecule has 2 fully saturated rings. The second kappa shape index (κ2) is 7.00. The zero-order valence-electron chi connectivity index (χ0n) is 14.9.